The number of ether oxygens (including phenoxy) is 1. The molecule has 1 fully saturated rings. The van der Waals surface area contributed by atoms with Gasteiger partial charge in [-0.05, 0) is 43.2 Å². The van der Waals surface area contributed by atoms with Crippen molar-refractivity contribution in [2.24, 2.45) is 7.05 Å². The smallest absolute Gasteiger partial charge is 0.257 e. The van der Waals surface area contributed by atoms with Gasteiger partial charge in [-0.1, -0.05) is 11.6 Å². The Labute approximate surface area is 169 Å². The van der Waals surface area contributed by atoms with Crippen molar-refractivity contribution in [3.05, 3.63) is 52.3 Å². The van der Waals surface area contributed by atoms with Crippen LogP contribution in [0.15, 0.2) is 30.6 Å². The Bertz CT molecular complexity index is 1030. The molecule has 3 aromatic rings. The zero-order valence-electron chi connectivity index (χ0n) is 16.3. The molecule has 4 rings (SSSR count). The Morgan fingerprint density at radius 3 is 2.57 bits per heavy atom. The van der Waals surface area contributed by atoms with Crippen LogP contribution >= 0.6 is 11.6 Å². The van der Waals surface area contributed by atoms with Crippen LogP contribution in [0.3, 0.4) is 0 Å². The van der Waals surface area contributed by atoms with Crippen molar-refractivity contribution in [3.8, 4) is 0 Å². The molecule has 1 aliphatic rings. The topological polar surface area (TPSA) is 59.4 Å². The van der Waals surface area contributed by atoms with Gasteiger partial charge in [0.15, 0.2) is 0 Å². The van der Waals surface area contributed by atoms with E-state index in [4.69, 9.17) is 16.3 Å². The molecule has 1 saturated heterocycles. The van der Waals surface area contributed by atoms with Gasteiger partial charge >= 0.3 is 0 Å². The number of nitrogens with zero attached hydrogens (tertiary/aromatic N) is 3. The van der Waals surface area contributed by atoms with Crippen molar-refractivity contribution in [1.29, 1.82) is 0 Å². The number of pyridine rings is 1. The molecule has 1 aromatic carbocycles. The van der Waals surface area contributed by atoms with Gasteiger partial charge in [-0.3, -0.25) is 4.79 Å². The van der Waals surface area contributed by atoms with Crippen molar-refractivity contribution in [2.45, 2.75) is 13.8 Å². The van der Waals surface area contributed by atoms with E-state index in [1.54, 1.807) is 6.20 Å². The van der Waals surface area contributed by atoms with E-state index < -0.39 is 0 Å². The summed E-state index contributed by atoms with van der Waals surface area (Å²) < 4.78 is 7.33. The number of fused-ring (bicyclic) bond motifs is 1. The van der Waals surface area contributed by atoms with Gasteiger partial charge in [-0.2, -0.15) is 0 Å². The number of carbonyl (C=O) groups is 1. The predicted molar refractivity (Wildman–Crippen MR) is 112 cm³/mol. The third kappa shape index (κ3) is 3.34. The average Bonchev–Trinajstić information content (AvgIpc) is 3.07. The third-order valence-electron chi connectivity index (χ3n) is 5.18. The molecule has 0 unspecified atom stereocenters. The Hall–Kier alpha value is -2.57. The molecule has 3 heterocycles. The summed E-state index contributed by atoms with van der Waals surface area (Å²) in [4.78, 5) is 19.5. The lowest BCUT2D eigenvalue weighted by Crippen LogP contribution is -2.40. The Morgan fingerprint density at radius 2 is 1.89 bits per heavy atom. The number of aromatic nitrogens is 2. The predicted octanol–water partition coefficient (Wildman–Crippen LogP) is 4.06. The van der Waals surface area contributed by atoms with Crippen LogP contribution in [0.1, 0.15) is 21.5 Å². The second kappa shape index (κ2) is 7.45. The number of carbonyl (C=O) groups excluding carboxylic acids is 1. The lowest BCUT2D eigenvalue weighted by molar-refractivity contribution is 0.0303. The van der Waals surface area contributed by atoms with E-state index in [1.165, 1.54) is 0 Å². The maximum Gasteiger partial charge on any atom is 0.257 e. The van der Waals surface area contributed by atoms with Gasteiger partial charge in [0.05, 0.1) is 24.3 Å². The molecule has 6 nitrogen and oxygen atoms in total. The molecule has 1 aliphatic heterocycles. The highest BCUT2D eigenvalue weighted by atomic mass is 35.5. The Kier molecular flexibility index (Phi) is 5.00. The van der Waals surface area contributed by atoms with Gasteiger partial charge in [0.25, 0.3) is 5.91 Å². The highest BCUT2D eigenvalue weighted by Crippen LogP contribution is 2.32. The number of benzene rings is 1. The van der Waals surface area contributed by atoms with Crippen LogP contribution in [0.5, 0.6) is 0 Å². The summed E-state index contributed by atoms with van der Waals surface area (Å²) in [5.74, 6) is 0.718. The van der Waals surface area contributed by atoms with E-state index in [2.05, 4.69) is 10.3 Å². The summed E-state index contributed by atoms with van der Waals surface area (Å²) in [5, 5.41) is 5.07. The lowest BCUT2D eigenvalue weighted by Gasteiger charge is -2.27. The minimum atomic E-state index is -0.00648. The van der Waals surface area contributed by atoms with Gasteiger partial charge in [0.2, 0.25) is 0 Å². The largest absolute Gasteiger partial charge is 0.378 e. The maximum absolute atomic E-state index is 13.1. The Balaban J connectivity index is 1.76. The number of rotatable bonds is 3. The van der Waals surface area contributed by atoms with Crippen molar-refractivity contribution in [2.75, 3.05) is 31.6 Å². The first-order chi connectivity index (χ1) is 13.5. The number of halogens is 1. The first-order valence-corrected chi connectivity index (χ1v) is 9.68. The molecule has 1 N–H and O–H groups in total. The summed E-state index contributed by atoms with van der Waals surface area (Å²) in [7, 11) is 1.95. The molecule has 0 spiro atoms. The van der Waals surface area contributed by atoms with E-state index >= 15 is 0 Å². The van der Waals surface area contributed by atoms with E-state index in [0.717, 1.165) is 33.5 Å². The molecular formula is C21H23ClN4O2. The van der Waals surface area contributed by atoms with Crippen molar-refractivity contribution in [1.82, 2.24) is 14.5 Å². The fourth-order valence-electron chi connectivity index (χ4n) is 3.73. The van der Waals surface area contributed by atoms with E-state index in [0.29, 0.717) is 36.9 Å². The van der Waals surface area contributed by atoms with Gasteiger partial charge in [-0.25, -0.2) is 4.98 Å². The highest BCUT2D eigenvalue weighted by molar-refractivity contribution is 6.30. The molecule has 0 saturated carbocycles. The van der Waals surface area contributed by atoms with Crippen LogP contribution in [0.4, 0.5) is 11.5 Å². The van der Waals surface area contributed by atoms with Gasteiger partial charge in [0, 0.05) is 48.6 Å². The average molecular weight is 399 g/mol. The molecule has 0 atom stereocenters. The van der Waals surface area contributed by atoms with Gasteiger partial charge in [0.1, 0.15) is 5.82 Å². The molecule has 2 aromatic heterocycles. The first kappa shape index (κ1) is 18.8. The van der Waals surface area contributed by atoms with E-state index in [9.17, 15) is 4.79 Å². The molecule has 0 bridgehead atoms. The normalized spacial score (nSPS) is 14.5. The SMILES string of the molecule is Cc1cc(Cl)cc(C)c1Nc1ncc(C(=O)N2CCOCC2)c2c1ccn2C. The number of morpholine rings is 1. The fourth-order valence-corrected chi connectivity index (χ4v) is 4.06. The number of anilines is 2. The number of aryl methyl sites for hydroxylation is 3. The number of amides is 1. The number of hydrogen-bond donors (Lipinski definition) is 1. The first-order valence-electron chi connectivity index (χ1n) is 9.30. The zero-order valence-corrected chi connectivity index (χ0v) is 17.0. The summed E-state index contributed by atoms with van der Waals surface area (Å²) >= 11 is 6.16. The van der Waals surface area contributed by atoms with Crippen LogP contribution in [0.2, 0.25) is 5.02 Å². The van der Waals surface area contributed by atoms with Crippen molar-refractivity contribution in [3.63, 3.8) is 0 Å². The fraction of sp³-hybridized carbons (Fsp3) is 0.333. The summed E-state index contributed by atoms with van der Waals surface area (Å²) in [6.45, 7) is 6.38. The maximum atomic E-state index is 13.1. The zero-order chi connectivity index (χ0) is 19.8. The molecule has 7 heteroatoms. The van der Waals surface area contributed by atoms with Crippen molar-refractivity contribution >= 4 is 39.9 Å². The third-order valence-corrected chi connectivity index (χ3v) is 5.39. The highest BCUT2D eigenvalue weighted by Gasteiger charge is 2.23. The summed E-state index contributed by atoms with van der Waals surface area (Å²) in [5.41, 5.74) is 4.56. The number of nitrogens with one attached hydrogen (secondary N) is 1. The van der Waals surface area contributed by atoms with E-state index in [1.807, 2.05) is 54.8 Å². The lowest BCUT2D eigenvalue weighted by atomic mass is 10.1. The molecular weight excluding hydrogens is 376 g/mol. The minimum absolute atomic E-state index is 0.00648. The second-order valence-electron chi connectivity index (χ2n) is 7.15. The van der Waals surface area contributed by atoms with Crippen LogP contribution in [-0.4, -0.2) is 46.7 Å². The molecule has 146 valence electrons. The summed E-state index contributed by atoms with van der Waals surface area (Å²) in [6.07, 6.45) is 3.62. The van der Waals surface area contributed by atoms with Gasteiger partial charge < -0.3 is 19.5 Å². The summed E-state index contributed by atoms with van der Waals surface area (Å²) in [6, 6.07) is 5.84. The van der Waals surface area contributed by atoms with Crippen LogP contribution < -0.4 is 5.32 Å². The molecule has 0 radical (unpaired) electrons. The quantitative estimate of drug-likeness (QED) is 0.722. The molecule has 0 aliphatic carbocycles. The monoisotopic (exact) mass is 398 g/mol. The number of hydrogen-bond acceptors (Lipinski definition) is 4. The van der Waals surface area contributed by atoms with Crippen LogP contribution in [0.25, 0.3) is 10.9 Å². The second-order valence-corrected chi connectivity index (χ2v) is 7.59. The minimum Gasteiger partial charge on any atom is -0.378 e. The molecule has 28 heavy (non-hydrogen) atoms. The Morgan fingerprint density at radius 1 is 1.21 bits per heavy atom. The molecule has 1 amide bonds. The van der Waals surface area contributed by atoms with Crippen LogP contribution in [0, 0.1) is 13.8 Å². The van der Waals surface area contributed by atoms with Gasteiger partial charge in [-0.15, -0.1) is 0 Å². The van der Waals surface area contributed by atoms with E-state index in [-0.39, 0.29) is 5.91 Å². The van der Waals surface area contributed by atoms with Crippen LogP contribution in [-0.2, 0) is 11.8 Å². The van der Waals surface area contributed by atoms with Crippen molar-refractivity contribution < 1.29 is 9.53 Å². The standard InChI is InChI=1S/C21H23ClN4O2/c1-13-10-15(22)11-14(2)18(13)24-20-16-4-5-25(3)19(16)17(12-23-20)21(27)26-6-8-28-9-7-26/h4-5,10-12H,6-9H2,1-3H3,(H,23,24).